The summed E-state index contributed by atoms with van der Waals surface area (Å²) in [4.78, 5) is 2.00. The molecule has 4 heteroatoms. The second-order valence-corrected chi connectivity index (χ2v) is 5.52. The van der Waals surface area contributed by atoms with Gasteiger partial charge in [-0.15, -0.1) is 0 Å². The molecule has 1 atom stereocenters. The third-order valence-corrected chi connectivity index (χ3v) is 3.06. The number of halogens is 1. The molecule has 0 aliphatic carbocycles. The third-order valence-electron chi connectivity index (χ3n) is 2.72. The minimum atomic E-state index is -0.213. The Morgan fingerprint density at radius 2 is 1.52 bits per heavy atom. The van der Waals surface area contributed by atoms with Crippen molar-refractivity contribution in [3.63, 3.8) is 0 Å². The molecule has 2 aromatic rings. The van der Waals surface area contributed by atoms with E-state index in [0.29, 0.717) is 5.02 Å². The zero-order valence-corrected chi connectivity index (χ0v) is 13.8. The van der Waals surface area contributed by atoms with E-state index in [-0.39, 0.29) is 5.82 Å². The minimum Gasteiger partial charge on any atom is -0.497 e. The van der Waals surface area contributed by atoms with Crippen LogP contribution in [0.3, 0.4) is 0 Å². The van der Waals surface area contributed by atoms with Crippen LogP contribution in [-0.2, 0) is 0 Å². The number of rotatable bonds is 3. The lowest BCUT2D eigenvalue weighted by atomic mass is 9.76. The van der Waals surface area contributed by atoms with Crippen LogP contribution in [-0.4, -0.2) is 41.0 Å². The van der Waals surface area contributed by atoms with Gasteiger partial charge in [0, 0.05) is 5.02 Å². The maximum Gasteiger partial charge on any atom is 0.118 e. The first-order chi connectivity index (χ1) is 9.95. The minimum absolute atomic E-state index is 0.213. The molecule has 0 heterocycles. The highest BCUT2D eigenvalue weighted by Crippen LogP contribution is 2.28. The lowest BCUT2D eigenvalue weighted by Gasteiger charge is -2.14. The van der Waals surface area contributed by atoms with Gasteiger partial charge >= 0.3 is 0 Å². The van der Waals surface area contributed by atoms with E-state index >= 15 is 0 Å². The van der Waals surface area contributed by atoms with Gasteiger partial charge in [0.25, 0.3) is 0 Å². The van der Waals surface area contributed by atoms with Crippen LogP contribution in [0.4, 0.5) is 0 Å². The molecule has 0 spiro atoms. The Labute approximate surface area is 134 Å². The topological polar surface area (TPSA) is 12.5 Å². The molecule has 0 saturated carbocycles. The van der Waals surface area contributed by atoms with Crippen molar-refractivity contribution in [2.45, 2.75) is 5.82 Å². The van der Waals surface area contributed by atoms with E-state index in [1.807, 2.05) is 74.6 Å². The molecule has 0 aliphatic rings. The Hall–Kier alpha value is -1.45. The molecular weight excluding hydrogens is 280 g/mol. The molecule has 1 unspecified atom stereocenters. The van der Waals surface area contributed by atoms with E-state index in [9.17, 15) is 0 Å². The maximum absolute atomic E-state index is 6.18. The van der Waals surface area contributed by atoms with E-state index in [4.69, 9.17) is 24.2 Å². The molecule has 0 aromatic heterocycles. The van der Waals surface area contributed by atoms with Crippen molar-refractivity contribution < 1.29 is 4.74 Å². The average Bonchev–Trinajstić information content (AvgIpc) is 2.46. The van der Waals surface area contributed by atoms with Crippen LogP contribution in [0.25, 0.3) is 0 Å². The first kappa shape index (κ1) is 17.6. The zero-order valence-electron chi connectivity index (χ0n) is 13.0. The van der Waals surface area contributed by atoms with Crippen LogP contribution in [0.15, 0.2) is 48.5 Å². The van der Waals surface area contributed by atoms with Crippen LogP contribution in [0.5, 0.6) is 5.75 Å². The highest BCUT2D eigenvalue weighted by molar-refractivity contribution is 6.32. The van der Waals surface area contributed by atoms with Gasteiger partial charge in [0.15, 0.2) is 0 Å². The normalized spacial score (nSPS) is 11.5. The van der Waals surface area contributed by atoms with Gasteiger partial charge in [-0.2, -0.15) is 0 Å². The second-order valence-electron chi connectivity index (χ2n) is 5.11. The quantitative estimate of drug-likeness (QED) is 0.800. The number of hydrogen-bond donors (Lipinski definition) is 0. The molecule has 0 amide bonds. The van der Waals surface area contributed by atoms with Gasteiger partial charge in [0.1, 0.15) is 5.75 Å². The van der Waals surface area contributed by atoms with Crippen molar-refractivity contribution in [1.29, 1.82) is 0 Å². The number of nitrogens with zero attached hydrogens (tertiary/aromatic N) is 1. The van der Waals surface area contributed by atoms with E-state index < -0.39 is 0 Å². The summed E-state index contributed by atoms with van der Waals surface area (Å²) < 4.78 is 5.11. The molecule has 0 saturated heterocycles. The van der Waals surface area contributed by atoms with Crippen molar-refractivity contribution in [1.82, 2.24) is 4.90 Å². The number of methoxy groups -OCH3 is 1. The fourth-order valence-electron chi connectivity index (χ4n) is 1.72. The summed E-state index contributed by atoms with van der Waals surface area (Å²) in [6.07, 6.45) is 0. The number of hydrogen-bond acceptors (Lipinski definition) is 2. The Morgan fingerprint density at radius 3 is 2.00 bits per heavy atom. The lowest BCUT2D eigenvalue weighted by molar-refractivity contribution is 0.414. The van der Waals surface area contributed by atoms with Crippen molar-refractivity contribution >= 4 is 19.4 Å². The van der Waals surface area contributed by atoms with Crippen LogP contribution in [0, 0.1) is 0 Å². The van der Waals surface area contributed by atoms with Crippen LogP contribution in [0.1, 0.15) is 16.9 Å². The molecule has 2 aromatic carbocycles. The molecule has 110 valence electrons. The first-order valence-corrected chi connectivity index (χ1v) is 7.08. The van der Waals surface area contributed by atoms with Crippen molar-refractivity contribution in [2.75, 3.05) is 28.3 Å². The summed E-state index contributed by atoms with van der Waals surface area (Å²) in [6, 6.07) is 15.3. The average molecular weight is 302 g/mol. The summed E-state index contributed by atoms with van der Waals surface area (Å²) in [5.41, 5.74) is 1.94. The highest BCUT2D eigenvalue weighted by atomic mass is 35.5. The SMILES string of the molecule is CN(C)C.[B]C(c1ccc(OC)cc1)c1ccccc1Cl. The van der Waals surface area contributed by atoms with Gasteiger partial charge in [-0.1, -0.05) is 41.9 Å². The molecule has 2 rings (SSSR count). The molecule has 2 radical (unpaired) electrons. The van der Waals surface area contributed by atoms with Gasteiger partial charge in [-0.3, -0.25) is 0 Å². The first-order valence-electron chi connectivity index (χ1n) is 6.70. The van der Waals surface area contributed by atoms with Gasteiger partial charge in [0.05, 0.1) is 15.0 Å². The summed E-state index contributed by atoms with van der Waals surface area (Å²) in [7, 11) is 13.8. The molecular formula is C17H21BClNO. The van der Waals surface area contributed by atoms with Crippen molar-refractivity contribution in [3.05, 3.63) is 64.7 Å². The third kappa shape index (κ3) is 5.82. The Bertz CT molecular complexity index is 540. The Morgan fingerprint density at radius 1 is 1.00 bits per heavy atom. The van der Waals surface area contributed by atoms with E-state index in [1.165, 1.54) is 0 Å². The summed E-state index contributed by atoms with van der Waals surface area (Å²) in [5, 5.41) is 0.691. The molecule has 0 N–H and O–H groups in total. The molecule has 0 bridgehead atoms. The Balaban J connectivity index is 0.000000491. The summed E-state index contributed by atoms with van der Waals surface area (Å²) in [5.74, 6) is 0.606. The lowest BCUT2D eigenvalue weighted by Crippen LogP contribution is -2.01. The molecule has 21 heavy (non-hydrogen) atoms. The van der Waals surface area contributed by atoms with Crippen LogP contribution in [0.2, 0.25) is 5.02 Å². The predicted octanol–water partition coefficient (Wildman–Crippen LogP) is 3.78. The number of benzene rings is 2. The maximum atomic E-state index is 6.18. The second kappa shape index (κ2) is 8.76. The van der Waals surface area contributed by atoms with Gasteiger partial charge in [-0.05, 0) is 56.3 Å². The summed E-state index contributed by atoms with van der Waals surface area (Å²) >= 11 is 6.12. The van der Waals surface area contributed by atoms with Gasteiger partial charge in [-0.25, -0.2) is 0 Å². The van der Waals surface area contributed by atoms with Gasteiger partial charge in [0.2, 0.25) is 0 Å². The van der Waals surface area contributed by atoms with Crippen LogP contribution >= 0.6 is 11.6 Å². The fraction of sp³-hybridized carbons (Fsp3) is 0.294. The van der Waals surface area contributed by atoms with E-state index in [1.54, 1.807) is 7.11 Å². The van der Waals surface area contributed by atoms with Crippen molar-refractivity contribution in [3.8, 4) is 5.75 Å². The smallest absolute Gasteiger partial charge is 0.118 e. The molecule has 0 aliphatic heterocycles. The fourth-order valence-corrected chi connectivity index (χ4v) is 1.97. The Kier molecular flexibility index (Phi) is 7.34. The van der Waals surface area contributed by atoms with Gasteiger partial charge < -0.3 is 9.64 Å². The molecule has 2 nitrogen and oxygen atoms in total. The number of ether oxygens (including phenoxy) is 1. The standard InChI is InChI=1S/C14H12BClO.C3H9N/c1-17-11-8-6-10(7-9-11)14(15)12-4-2-3-5-13(12)16;1-4(2)3/h2-9,14H,1H3;1-3H3. The summed E-state index contributed by atoms with van der Waals surface area (Å²) in [6.45, 7) is 0. The van der Waals surface area contributed by atoms with Crippen LogP contribution < -0.4 is 4.74 Å². The van der Waals surface area contributed by atoms with Crippen molar-refractivity contribution in [2.24, 2.45) is 0 Å². The predicted molar refractivity (Wildman–Crippen MR) is 91.7 cm³/mol. The van der Waals surface area contributed by atoms with E-state index in [2.05, 4.69) is 0 Å². The zero-order chi connectivity index (χ0) is 15.8. The monoisotopic (exact) mass is 301 g/mol. The van der Waals surface area contributed by atoms with E-state index in [0.717, 1.165) is 16.9 Å². The largest absolute Gasteiger partial charge is 0.497 e. The molecule has 0 fully saturated rings. The highest BCUT2D eigenvalue weighted by Gasteiger charge is 2.10.